The maximum Gasteiger partial charge on any atom is 0.326 e. The Hall–Kier alpha value is -1.36. The van der Waals surface area contributed by atoms with E-state index in [9.17, 15) is 14.7 Å². The normalized spacial score (nSPS) is 17.1. The number of aryl methyl sites for hydroxylation is 2. The molecule has 0 aromatic carbocycles. The van der Waals surface area contributed by atoms with Gasteiger partial charge >= 0.3 is 5.97 Å². The number of carboxylic acids is 1. The van der Waals surface area contributed by atoms with Crippen molar-refractivity contribution in [3.8, 4) is 0 Å². The first-order valence-electron chi connectivity index (χ1n) is 7.18. The molecule has 0 saturated heterocycles. The van der Waals surface area contributed by atoms with Gasteiger partial charge in [-0.15, -0.1) is 11.3 Å². The van der Waals surface area contributed by atoms with Gasteiger partial charge in [-0.2, -0.15) is 0 Å². The summed E-state index contributed by atoms with van der Waals surface area (Å²) in [6.07, 6.45) is 5.15. The highest BCUT2D eigenvalue weighted by Crippen LogP contribution is 2.29. The molecule has 1 aromatic rings. The molecule has 1 aliphatic rings. The second-order valence-electron chi connectivity index (χ2n) is 5.44. The molecule has 4 nitrogen and oxygen atoms in total. The Bertz CT molecular complexity index is 486. The first-order valence-corrected chi connectivity index (χ1v) is 7.99. The molecule has 0 fully saturated rings. The second kappa shape index (κ2) is 6.39. The molecule has 5 heteroatoms. The average Bonchev–Trinajstić information content (AvgIpc) is 2.87. The molecule has 1 amide bonds. The molecule has 2 atom stereocenters. The Balaban J connectivity index is 2.10. The van der Waals surface area contributed by atoms with E-state index in [-0.39, 0.29) is 11.8 Å². The zero-order valence-electron chi connectivity index (χ0n) is 11.9. The molecular weight excluding hydrogens is 274 g/mol. The molecule has 1 aliphatic carbocycles. The largest absolute Gasteiger partial charge is 0.480 e. The van der Waals surface area contributed by atoms with Gasteiger partial charge in [0.05, 0.1) is 4.88 Å². The van der Waals surface area contributed by atoms with Gasteiger partial charge in [0.15, 0.2) is 0 Å². The number of hydrogen-bond donors (Lipinski definition) is 2. The van der Waals surface area contributed by atoms with Crippen LogP contribution in [0.25, 0.3) is 0 Å². The zero-order chi connectivity index (χ0) is 14.7. The van der Waals surface area contributed by atoms with Crippen LogP contribution in [0.5, 0.6) is 0 Å². The van der Waals surface area contributed by atoms with E-state index in [1.807, 2.05) is 19.9 Å². The van der Waals surface area contributed by atoms with Gasteiger partial charge in [-0.1, -0.05) is 20.3 Å². The summed E-state index contributed by atoms with van der Waals surface area (Å²) in [6, 6.07) is 1.12. The van der Waals surface area contributed by atoms with Crippen molar-refractivity contribution in [1.82, 2.24) is 5.32 Å². The van der Waals surface area contributed by atoms with Crippen molar-refractivity contribution in [3.05, 3.63) is 21.4 Å². The van der Waals surface area contributed by atoms with Gasteiger partial charge in [0.1, 0.15) is 6.04 Å². The summed E-state index contributed by atoms with van der Waals surface area (Å²) in [5.41, 5.74) is 1.27. The Morgan fingerprint density at radius 2 is 2.10 bits per heavy atom. The van der Waals surface area contributed by atoms with Crippen LogP contribution in [0.1, 0.15) is 53.2 Å². The topological polar surface area (TPSA) is 66.4 Å². The Morgan fingerprint density at radius 1 is 1.40 bits per heavy atom. The summed E-state index contributed by atoms with van der Waals surface area (Å²) < 4.78 is 0. The van der Waals surface area contributed by atoms with Crippen LogP contribution in [0.2, 0.25) is 0 Å². The van der Waals surface area contributed by atoms with Crippen LogP contribution in [0.15, 0.2) is 6.07 Å². The van der Waals surface area contributed by atoms with Crippen molar-refractivity contribution in [2.24, 2.45) is 5.92 Å². The third kappa shape index (κ3) is 3.20. The fourth-order valence-electron chi connectivity index (χ4n) is 2.50. The molecule has 0 unspecified atom stereocenters. The monoisotopic (exact) mass is 295 g/mol. The van der Waals surface area contributed by atoms with Crippen LogP contribution in [0.3, 0.4) is 0 Å². The maximum atomic E-state index is 12.2. The molecule has 110 valence electrons. The number of nitrogens with one attached hydrogen (secondary N) is 1. The first-order chi connectivity index (χ1) is 9.52. The minimum absolute atomic E-state index is 0.0777. The molecule has 0 radical (unpaired) electrons. The quantitative estimate of drug-likeness (QED) is 0.878. The van der Waals surface area contributed by atoms with Crippen LogP contribution < -0.4 is 5.32 Å². The number of fused-ring (bicyclic) bond motifs is 1. The number of aliphatic carboxylic acids is 1. The predicted molar refractivity (Wildman–Crippen MR) is 79.3 cm³/mol. The number of carboxylic acid groups (broad SMARTS) is 1. The highest BCUT2D eigenvalue weighted by Gasteiger charge is 2.27. The fraction of sp³-hybridized carbons (Fsp3) is 0.600. The second-order valence-corrected chi connectivity index (χ2v) is 6.58. The van der Waals surface area contributed by atoms with E-state index in [1.165, 1.54) is 34.6 Å². The molecule has 0 bridgehead atoms. The third-order valence-corrected chi connectivity index (χ3v) is 5.22. The van der Waals surface area contributed by atoms with Crippen molar-refractivity contribution in [2.45, 2.75) is 52.0 Å². The molecule has 0 saturated carbocycles. The lowest BCUT2D eigenvalue weighted by Crippen LogP contribution is -2.44. The van der Waals surface area contributed by atoms with Gasteiger partial charge in [0.25, 0.3) is 5.91 Å². The van der Waals surface area contributed by atoms with Gasteiger partial charge in [-0.25, -0.2) is 4.79 Å². The first kappa shape index (κ1) is 15.0. The summed E-state index contributed by atoms with van der Waals surface area (Å²) in [4.78, 5) is 25.4. The Labute approximate surface area is 123 Å². The van der Waals surface area contributed by atoms with Gasteiger partial charge in [-0.05, 0) is 43.2 Å². The third-order valence-electron chi connectivity index (χ3n) is 3.99. The highest BCUT2D eigenvalue weighted by atomic mass is 32.1. The molecule has 20 heavy (non-hydrogen) atoms. The summed E-state index contributed by atoms with van der Waals surface area (Å²) in [6.45, 7) is 3.77. The van der Waals surface area contributed by atoms with Crippen LogP contribution in [0, 0.1) is 5.92 Å². The number of carbonyl (C=O) groups is 2. The number of carbonyl (C=O) groups excluding carboxylic acids is 1. The highest BCUT2D eigenvalue weighted by molar-refractivity contribution is 7.14. The number of hydrogen-bond acceptors (Lipinski definition) is 3. The molecular formula is C15H21NO3S. The predicted octanol–water partition coefficient (Wildman–Crippen LogP) is 2.86. The number of amides is 1. The van der Waals surface area contributed by atoms with E-state index in [0.717, 1.165) is 19.3 Å². The number of thiophene rings is 1. The Morgan fingerprint density at radius 3 is 2.70 bits per heavy atom. The zero-order valence-corrected chi connectivity index (χ0v) is 12.8. The van der Waals surface area contributed by atoms with Crippen molar-refractivity contribution in [3.63, 3.8) is 0 Å². The maximum absolute atomic E-state index is 12.2. The van der Waals surface area contributed by atoms with E-state index in [0.29, 0.717) is 4.88 Å². The SMILES string of the molecule is CC[C@H](C)[C@H](NC(=O)c1cc2c(s1)CCCC2)C(=O)O. The van der Waals surface area contributed by atoms with Crippen LogP contribution in [0.4, 0.5) is 0 Å². The van der Waals surface area contributed by atoms with Crippen molar-refractivity contribution < 1.29 is 14.7 Å². The van der Waals surface area contributed by atoms with E-state index < -0.39 is 12.0 Å². The van der Waals surface area contributed by atoms with Crippen LogP contribution >= 0.6 is 11.3 Å². The summed E-state index contributed by atoms with van der Waals surface area (Å²) >= 11 is 1.51. The van der Waals surface area contributed by atoms with Crippen molar-refractivity contribution >= 4 is 23.2 Å². The average molecular weight is 295 g/mol. The van der Waals surface area contributed by atoms with Crippen LogP contribution in [-0.2, 0) is 17.6 Å². The van der Waals surface area contributed by atoms with Crippen molar-refractivity contribution in [1.29, 1.82) is 0 Å². The number of rotatable bonds is 5. The minimum Gasteiger partial charge on any atom is -0.480 e. The van der Waals surface area contributed by atoms with Gasteiger partial charge < -0.3 is 10.4 Å². The van der Waals surface area contributed by atoms with Crippen molar-refractivity contribution in [2.75, 3.05) is 0 Å². The van der Waals surface area contributed by atoms with Gasteiger partial charge in [0.2, 0.25) is 0 Å². The van der Waals surface area contributed by atoms with Gasteiger partial charge in [0, 0.05) is 4.88 Å². The molecule has 0 spiro atoms. The summed E-state index contributed by atoms with van der Waals surface area (Å²) in [5, 5.41) is 11.9. The Kier molecular flexibility index (Phi) is 4.81. The standard InChI is InChI=1S/C15H21NO3S/c1-3-9(2)13(15(18)19)16-14(17)12-8-10-6-4-5-7-11(10)20-12/h8-9,13H,3-7H2,1-2H3,(H,16,17)(H,18,19)/t9-,13-/m0/s1. The summed E-state index contributed by atoms with van der Waals surface area (Å²) in [7, 11) is 0. The minimum atomic E-state index is -0.964. The van der Waals surface area contributed by atoms with E-state index in [4.69, 9.17) is 0 Å². The lowest BCUT2D eigenvalue weighted by atomic mass is 9.98. The molecule has 1 heterocycles. The lowest BCUT2D eigenvalue weighted by Gasteiger charge is -2.19. The molecule has 1 aromatic heterocycles. The van der Waals surface area contributed by atoms with Crippen LogP contribution in [-0.4, -0.2) is 23.0 Å². The smallest absolute Gasteiger partial charge is 0.326 e. The fourth-order valence-corrected chi connectivity index (χ4v) is 3.65. The van der Waals surface area contributed by atoms with E-state index in [2.05, 4.69) is 5.32 Å². The lowest BCUT2D eigenvalue weighted by molar-refractivity contribution is -0.140. The van der Waals surface area contributed by atoms with E-state index in [1.54, 1.807) is 0 Å². The molecule has 2 N–H and O–H groups in total. The van der Waals surface area contributed by atoms with E-state index >= 15 is 0 Å². The summed E-state index contributed by atoms with van der Waals surface area (Å²) in [5.74, 6) is -1.29. The molecule has 0 aliphatic heterocycles. The van der Waals surface area contributed by atoms with Gasteiger partial charge in [-0.3, -0.25) is 4.79 Å². The molecule has 2 rings (SSSR count).